The van der Waals surface area contributed by atoms with E-state index in [2.05, 4.69) is 5.32 Å². The molecule has 1 amide bonds. The van der Waals surface area contributed by atoms with Gasteiger partial charge in [0, 0.05) is 23.7 Å². The normalized spacial score (nSPS) is 15.9. The maximum atomic E-state index is 12.4. The second kappa shape index (κ2) is 11.4. The number of carbonyl (C=O) groups excluding carboxylic acids is 1. The Balaban J connectivity index is 1.71. The van der Waals surface area contributed by atoms with Gasteiger partial charge in [0.2, 0.25) is 0 Å². The van der Waals surface area contributed by atoms with E-state index >= 15 is 0 Å². The molecule has 0 bridgehead atoms. The van der Waals surface area contributed by atoms with Crippen LogP contribution in [0, 0.1) is 11.3 Å². The van der Waals surface area contributed by atoms with Gasteiger partial charge in [-0.25, -0.2) is 0 Å². The lowest BCUT2D eigenvalue weighted by Gasteiger charge is -2.13. The van der Waals surface area contributed by atoms with Crippen molar-refractivity contribution >= 4 is 23.6 Å². The zero-order valence-corrected chi connectivity index (χ0v) is 18.2. The molecule has 0 radical (unpaired) electrons. The fourth-order valence-corrected chi connectivity index (χ4v) is 3.39. The van der Waals surface area contributed by atoms with Crippen molar-refractivity contribution in [1.82, 2.24) is 5.32 Å². The second-order valence-electron chi connectivity index (χ2n) is 7.03. The van der Waals surface area contributed by atoms with Gasteiger partial charge in [-0.2, -0.15) is 5.26 Å². The topological polar surface area (TPSA) is 80.6 Å². The molecule has 1 saturated heterocycles. The van der Waals surface area contributed by atoms with Crippen LogP contribution in [0.5, 0.6) is 11.5 Å². The Morgan fingerprint density at radius 3 is 2.84 bits per heavy atom. The van der Waals surface area contributed by atoms with E-state index in [1.807, 2.05) is 37.3 Å². The number of carbonyl (C=O) groups is 1. The van der Waals surface area contributed by atoms with Crippen molar-refractivity contribution in [3.63, 3.8) is 0 Å². The lowest BCUT2D eigenvalue weighted by Crippen LogP contribution is -2.32. The van der Waals surface area contributed by atoms with Crippen LogP contribution in [0.4, 0.5) is 0 Å². The Labute approximate surface area is 187 Å². The Hall–Kier alpha value is -3.01. The minimum absolute atomic E-state index is 0.0167. The first kappa shape index (κ1) is 22.7. The van der Waals surface area contributed by atoms with Gasteiger partial charge >= 0.3 is 0 Å². The van der Waals surface area contributed by atoms with Crippen molar-refractivity contribution in [2.75, 3.05) is 19.8 Å². The molecule has 1 atom stereocenters. The van der Waals surface area contributed by atoms with Gasteiger partial charge in [0.1, 0.15) is 18.2 Å². The first-order valence-corrected chi connectivity index (χ1v) is 10.6. The van der Waals surface area contributed by atoms with Crippen LogP contribution in [0.15, 0.2) is 48.0 Å². The fourth-order valence-electron chi connectivity index (χ4n) is 3.20. The highest BCUT2D eigenvalue weighted by Crippen LogP contribution is 2.31. The number of ether oxygens (including phenoxy) is 3. The van der Waals surface area contributed by atoms with Crippen molar-refractivity contribution in [1.29, 1.82) is 5.26 Å². The smallest absolute Gasteiger partial charge is 0.262 e. The van der Waals surface area contributed by atoms with E-state index < -0.39 is 5.91 Å². The number of benzene rings is 2. The van der Waals surface area contributed by atoms with E-state index in [0.29, 0.717) is 48.5 Å². The van der Waals surface area contributed by atoms with Crippen LogP contribution >= 0.6 is 11.6 Å². The van der Waals surface area contributed by atoms with Crippen LogP contribution in [-0.2, 0) is 16.1 Å². The Bertz CT molecular complexity index is 978. The standard InChI is InChI=1S/C24H25ClN2O4/c1-2-29-23-13-17(9-10-22(23)31-16-18-6-3-4-8-21(18)25)12-19(14-26)24(28)27-15-20-7-5-11-30-20/h3-4,6,8-10,12-13,20H,2,5,7,11,15-16H2,1H3,(H,27,28)/b19-12+/t20-/m0/s1. The number of hydrogen-bond donors (Lipinski definition) is 1. The average molecular weight is 441 g/mol. The van der Waals surface area contributed by atoms with E-state index in [1.54, 1.807) is 18.2 Å². The number of halogens is 1. The molecular formula is C24H25ClN2O4. The monoisotopic (exact) mass is 440 g/mol. The van der Waals surface area contributed by atoms with E-state index in [9.17, 15) is 10.1 Å². The molecule has 31 heavy (non-hydrogen) atoms. The molecule has 0 aliphatic carbocycles. The first-order chi connectivity index (χ1) is 15.1. The lowest BCUT2D eigenvalue weighted by atomic mass is 10.1. The molecule has 6 nitrogen and oxygen atoms in total. The number of nitriles is 1. The SMILES string of the molecule is CCOc1cc(/C=C(\C#N)C(=O)NC[C@@H]2CCCO2)ccc1OCc1ccccc1Cl. The molecule has 1 aliphatic heterocycles. The van der Waals surface area contributed by atoms with Gasteiger partial charge in [-0.05, 0) is 49.6 Å². The van der Waals surface area contributed by atoms with Crippen LogP contribution in [0.25, 0.3) is 6.08 Å². The van der Waals surface area contributed by atoms with Crippen LogP contribution in [0.2, 0.25) is 5.02 Å². The first-order valence-electron chi connectivity index (χ1n) is 10.3. The summed E-state index contributed by atoms with van der Waals surface area (Å²) in [6.07, 6.45) is 3.46. The van der Waals surface area contributed by atoms with Gasteiger partial charge in [0.25, 0.3) is 5.91 Å². The molecule has 1 fully saturated rings. The predicted octanol–water partition coefficient (Wildman–Crippen LogP) is 4.52. The third kappa shape index (κ3) is 6.48. The number of amides is 1. The molecule has 2 aromatic rings. The molecule has 0 spiro atoms. The summed E-state index contributed by atoms with van der Waals surface area (Å²) in [5, 5.41) is 12.8. The summed E-state index contributed by atoms with van der Waals surface area (Å²) in [7, 11) is 0. The Morgan fingerprint density at radius 1 is 1.29 bits per heavy atom. The molecular weight excluding hydrogens is 416 g/mol. The largest absolute Gasteiger partial charge is 0.490 e. The molecule has 7 heteroatoms. The van der Waals surface area contributed by atoms with Crippen molar-refractivity contribution in [2.24, 2.45) is 0 Å². The van der Waals surface area contributed by atoms with Gasteiger partial charge < -0.3 is 19.5 Å². The highest BCUT2D eigenvalue weighted by atomic mass is 35.5. The minimum atomic E-state index is -0.421. The summed E-state index contributed by atoms with van der Waals surface area (Å²) < 4.78 is 17.1. The van der Waals surface area contributed by atoms with Gasteiger partial charge in [-0.15, -0.1) is 0 Å². The Morgan fingerprint density at radius 2 is 2.13 bits per heavy atom. The van der Waals surface area contributed by atoms with Crippen molar-refractivity contribution in [3.8, 4) is 17.6 Å². The van der Waals surface area contributed by atoms with E-state index in [0.717, 1.165) is 18.4 Å². The summed E-state index contributed by atoms with van der Waals surface area (Å²) in [5.74, 6) is 0.663. The van der Waals surface area contributed by atoms with E-state index in [-0.39, 0.29) is 11.7 Å². The number of nitrogens with one attached hydrogen (secondary N) is 1. The van der Waals surface area contributed by atoms with Crippen LogP contribution in [-0.4, -0.2) is 31.8 Å². The summed E-state index contributed by atoms with van der Waals surface area (Å²) in [4.78, 5) is 12.4. The van der Waals surface area contributed by atoms with Gasteiger partial charge in [0.05, 0.1) is 12.7 Å². The number of rotatable bonds is 9. The Kier molecular flexibility index (Phi) is 8.34. The molecule has 0 aromatic heterocycles. The van der Waals surface area contributed by atoms with E-state index in [1.165, 1.54) is 6.08 Å². The van der Waals surface area contributed by atoms with Gasteiger partial charge in [-0.1, -0.05) is 35.9 Å². The summed E-state index contributed by atoms with van der Waals surface area (Å²) in [6.45, 7) is 3.73. The summed E-state index contributed by atoms with van der Waals surface area (Å²) in [6, 6.07) is 14.7. The fraction of sp³-hybridized carbons (Fsp3) is 0.333. The maximum absolute atomic E-state index is 12.4. The molecule has 0 unspecified atom stereocenters. The summed E-state index contributed by atoms with van der Waals surface area (Å²) in [5.41, 5.74) is 1.55. The van der Waals surface area contributed by atoms with Crippen molar-refractivity contribution in [3.05, 3.63) is 64.2 Å². The molecule has 3 rings (SSSR count). The van der Waals surface area contributed by atoms with Crippen LogP contribution in [0.1, 0.15) is 30.9 Å². The third-order valence-corrected chi connectivity index (χ3v) is 5.17. The molecule has 1 aliphatic rings. The molecule has 2 aromatic carbocycles. The number of hydrogen-bond acceptors (Lipinski definition) is 5. The van der Waals surface area contributed by atoms with Crippen molar-refractivity contribution in [2.45, 2.75) is 32.5 Å². The van der Waals surface area contributed by atoms with Crippen molar-refractivity contribution < 1.29 is 19.0 Å². The third-order valence-electron chi connectivity index (χ3n) is 4.80. The molecule has 1 N–H and O–H groups in total. The van der Waals surface area contributed by atoms with E-state index in [4.69, 9.17) is 25.8 Å². The van der Waals surface area contributed by atoms with Gasteiger partial charge in [0.15, 0.2) is 11.5 Å². The highest BCUT2D eigenvalue weighted by Gasteiger charge is 2.18. The number of nitrogens with zero attached hydrogens (tertiary/aromatic N) is 1. The quantitative estimate of drug-likeness (QED) is 0.458. The minimum Gasteiger partial charge on any atom is -0.490 e. The molecule has 0 saturated carbocycles. The summed E-state index contributed by atoms with van der Waals surface area (Å²) >= 11 is 6.19. The van der Waals surface area contributed by atoms with Crippen LogP contribution < -0.4 is 14.8 Å². The van der Waals surface area contributed by atoms with Gasteiger partial charge in [-0.3, -0.25) is 4.79 Å². The zero-order chi connectivity index (χ0) is 22.1. The highest BCUT2D eigenvalue weighted by molar-refractivity contribution is 6.31. The average Bonchev–Trinajstić information content (AvgIpc) is 3.30. The molecule has 1 heterocycles. The molecule has 162 valence electrons. The predicted molar refractivity (Wildman–Crippen MR) is 119 cm³/mol. The zero-order valence-electron chi connectivity index (χ0n) is 17.4. The van der Waals surface area contributed by atoms with Crippen LogP contribution in [0.3, 0.4) is 0 Å². The lowest BCUT2D eigenvalue weighted by molar-refractivity contribution is -0.117. The second-order valence-corrected chi connectivity index (χ2v) is 7.44. The maximum Gasteiger partial charge on any atom is 0.262 e.